The van der Waals surface area contributed by atoms with Gasteiger partial charge in [-0.05, 0) is 38.0 Å². The lowest BCUT2D eigenvalue weighted by Crippen LogP contribution is -1.98. The highest BCUT2D eigenvalue weighted by atomic mass is 16.4. The van der Waals surface area contributed by atoms with Crippen molar-refractivity contribution >= 4 is 5.97 Å². The Morgan fingerprint density at radius 1 is 0.679 bits per heavy atom. The predicted molar refractivity (Wildman–Crippen MR) is 124 cm³/mol. The minimum absolute atomic E-state index is 0.337. The van der Waals surface area contributed by atoms with Crippen LogP contribution in [0.15, 0.2) is 12.2 Å². The number of carboxylic acids is 1. The van der Waals surface area contributed by atoms with Gasteiger partial charge < -0.3 is 5.11 Å². The topological polar surface area (TPSA) is 37.3 Å². The Kier molecular flexibility index (Phi) is 21.9. The molecule has 0 fully saturated rings. The molecule has 0 aliphatic heterocycles. The molecule has 1 unspecified atom stereocenters. The number of hydrogen-bond acceptors (Lipinski definition) is 1. The third-order valence-corrected chi connectivity index (χ3v) is 5.78. The van der Waals surface area contributed by atoms with E-state index in [1.54, 1.807) is 0 Å². The minimum Gasteiger partial charge on any atom is -0.481 e. The molecular weight excluding hydrogens is 344 g/mol. The molecule has 0 saturated carbocycles. The van der Waals surface area contributed by atoms with Crippen LogP contribution >= 0.6 is 0 Å². The van der Waals surface area contributed by atoms with E-state index in [-0.39, 0.29) is 0 Å². The summed E-state index contributed by atoms with van der Waals surface area (Å²) in [4.78, 5) is 10.5. The van der Waals surface area contributed by atoms with Gasteiger partial charge in [0.2, 0.25) is 0 Å². The molecule has 28 heavy (non-hydrogen) atoms. The highest BCUT2D eigenvalue weighted by Crippen LogP contribution is 2.21. The van der Waals surface area contributed by atoms with Crippen LogP contribution in [0.1, 0.15) is 142 Å². The van der Waals surface area contributed by atoms with E-state index in [1.165, 1.54) is 109 Å². The van der Waals surface area contributed by atoms with Gasteiger partial charge in [0.25, 0.3) is 0 Å². The fourth-order valence-electron chi connectivity index (χ4n) is 3.89. The first-order valence-electron chi connectivity index (χ1n) is 12.6. The van der Waals surface area contributed by atoms with Crippen LogP contribution in [0, 0.1) is 5.92 Å². The molecule has 0 heterocycles. The van der Waals surface area contributed by atoms with Crippen molar-refractivity contribution in [2.45, 2.75) is 142 Å². The van der Waals surface area contributed by atoms with Gasteiger partial charge in [0, 0.05) is 6.42 Å². The zero-order chi connectivity index (χ0) is 20.7. The summed E-state index contributed by atoms with van der Waals surface area (Å²) in [7, 11) is 0. The molecule has 0 radical (unpaired) electrons. The molecule has 0 rings (SSSR count). The Balaban J connectivity index is 3.90. The second-order valence-electron chi connectivity index (χ2n) is 8.65. The van der Waals surface area contributed by atoms with Crippen molar-refractivity contribution in [2.24, 2.45) is 5.92 Å². The maximum Gasteiger partial charge on any atom is 0.303 e. The number of unbranched alkanes of at least 4 members (excludes halogenated alkanes) is 14. The maximum atomic E-state index is 10.5. The van der Waals surface area contributed by atoms with Crippen LogP contribution in [0.4, 0.5) is 0 Å². The summed E-state index contributed by atoms with van der Waals surface area (Å²) in [6.45, 7) is 4.56. The lowest BCUT2D eigenvalue weighted by Gasteiger charge is -2.13. The molecule has 0 spiro atoms. The second kappa shape index (κ2) is 22.5. The third kappa shape index (κ3) is 21.5. The normalized spacial score (nSPS) is 12.6. The van der Waals surface area contributed by atoms with E-state index in [0.29, 0.717) is 6.42 Å². The van der Waals surface area contributed by atoms with Crippen molar-refractivity contribution in [3.05, 3.63) is 12.2 Å². The quantitative estimate of drug-likeness (QED) is 0.147. The van der Waals surface area contributed by atoms with Gasteiger partial charge in [-0.3, -0.25) is 4.79 Å². The zero-order valence-electron chi connectivity index (χ0n) is 19.2. The van der Waals surface area contributed by atoms with Gasteiger partial charge in [0.15, 0.2) is 0 Å². The van der Waals surface area contributed by atoms with Crippen LogP contribution < -0.4 is 0 Å². The number of carboxylic acid groups (broad SMARTS) is 1. The molecule has 166 valence electrons. The van der Waals surface area contributed by atoms with Gasteiger partial charge in [-0.1, -0.05) is 116 Å². The fourth-order valence-corrected chi connectivity index (χ4v) is 3.89. The predicted octanol–water partition coefficient (Wildman–Crippen LogP) is 9.09. The maximum absolute atomic E-state index is 10.5. The SMILES string of the molecule is CCCCCC/C=C/C(CCCCCCCC)CCCCCCCCC(=O)O. The van der Waals surface area contributed by atoms with Crippen LogP contribution in [-0.2, 0) is 4.79 Å². The first-order valence-corrected chi connectivity index (χ1v) is 12.6. The van der Waals surface area contributed by atoms with E-state index in [4.69, 9.17) is 5.11 Å². The molecule has 0 aromatic rings. The van der Waals surface area contributed by atoms with Crippen LogP contribution in [0.3, 0.4) is 0 Å². The molecule has 0 aliphatic rings. The van der Waals surface area contributed by atoms with Gasteiger partial charge in [0.05, 0.1) is 0 Å². The first-order chi connectivity index (χ1) is 13.7. The van der Waals surface area contributed by atoms with Crippen LogP contribution in [0.25, 0.3) is 0 Å². The molecule has 2 nitrogen and oxygen atoms in total. The van der Waals surface area contributed by atoms with E-state index in [2.05, 4.69) is 26.0 Å². The van der Waals surface area contributed by atoms with E-state index in [1.807, 2.05) is 0 Å². The monoisotopic (exact) mass is 394 g/mol. The van der Waals surface area contributed by atoms with E-state index >= 15 is 0 Å². The van der Waals surface area contributed by atoms with Crippen LogP contribution in [0.2, 0.25) is 0 Å². The van der Waals surface area contributed by atoms with E-state index in [0.717, 1.165) is 18.8 Å². The molecule has 0 aromatic heterocycles. The van der Waals surface area contributed by atoms with E-state index in [9.17, 15) is 4.79 Å². The zero-order valence-corrected chi connectivity index (χ0v) is 19.2. The number of allylic oxidation sites excluding steroid dienone is 2. The summed E-state index contributed by atoms with van der Waals surface area (Å²) in [5.74, 6) is 0.128. The van der Waals surface area contributed by atoms with Crippen molar-refractivity contribution in [3.8, 4) is 0 Å². The Labute approximate surface area is 176 Å². The molecule has 0 aliphatic carbocycles. The summed E-state index contributed by atoms with van der Waals surface area (Å²) in [6.07, 6.45) is 30.1. The molecule has 0 saturated heterocycles. The van der Waals surface area contributed by atoms with Gasteiger partial charge in [-0.25, -0.2) is 0 Å². The lowest BCUT2D eigenvalue weighted by atomic mass is 9.93. The molecule has 0 amide bonds. The van der Waals surface area contributed by atoms with Crippen LogP contribution in [0.5, 0.6) is 0 Å². The molecular formula is C26H50O2. The third-order valence-electron chi connectivity index (χ3n) is 5.78. The molecule has 1 atom stereocenters. The van der Waals surface area contributed by atoms with Gasteiger partial charge in [-0.15, -0.1) is 0 Å². The largest absolute Gasteiger partial charge is 0.481 e. The minimum atomic E-state index is -0.654. The summed E-state index contributed by atoms with van der Waals surface area (Å²) in [5, 5.41) is 8.67. The summed E-state index contributed by atoms with van der Waals surface area (Å²) >= 11 is 0. The number of hydrogen-bond donors (Lipinski definition) is 1. The number of aliphatic carboxylic acids is 1. The highest BCUT2D eigenvalue weighted by molar-refractivity contribution is 5.66. The molecule has 0 bridgehead atoms. The Bertz CT molecular complexity index is 348. The number of rotatable bonds is 22. The Hall–Kier alpha value is -0.790. The van der Waals surface area contributed by atoms with Crippen molar-refractivity contribution in [1.82, 2.24) is 0 Å². The van der Waals surface area contributed by atoms with Crippen molar-refractivity contribution in [3.63, 3.8) is 0 Å². The van der Waals surface area contributed by atoms with Gasteiger partial charge in [-0.2, -0.15) is 0 Å². The number of carbonyl (C=O) groups is 1. The van der Waals surface area contributed by atoms with Crippen LogP contribution in [-0.4, -0.2) is 11.1 Å². The molecule has 1 N–H and O–H groups in total. The van der Waals surface area contributed by atoms with E-state index < -0.39 is 5.97 Å². The highest BCUT2D eigenvalue weighted by Gasteiger charge is 2.05. The first kappa shape index (κ1) is 27.2. The standard InChI is InChI=1S/C26H50O2/c1-3-5-7-9-13-17-21-25(22-18-14-10-8-6-4-2)23-19-15-11-12-16-20-24-26(27)28/h17,21,25H,3-16,18-20,22-24H2,1-2H3,(H,27,28)/b21-17+. The van der Waals surface area contributed by atoms with Gasteiger partial charge in [0.1, 0.15) is 0 Å². The average Bonchev–Trinajstić information content (AvgIpc) is 2.68. The second-order valence-corrected chi connectivity index (χ2v) is 8.65. The molecule has 2 heteroatoms. The average molecular weight is 395 g/mol. The lowest BCUT2D eigenvalue weighted by molar-refractivity contribution is -0.137. The van der Waals surface area contributed by atoms with Gasteiger partial charge >= 0.3 is 5.97 Å². The van der Waals surface area contributed by atoms with Crippen molar-refractivity contribution in [1.29, 1.82) is 0 Å². The summed E-state index contributed by atoms with van der Waals surface area (Å²) < 4.78 is 0. The summed E-state index contributed by atoms with van der Waals surface area (Å²) in [6, 6.07) is 0. The van der Waals surface area contributed by atoms with Crippen molar-refractivity contribution < 1.29 is 9.90 Å². The Morgan fingerprint density at radius 3 is 1.68 bits per heavy atom. The summed E-state index contributed by atoms with van der Waals surface area (Å²) in [5.41, 5.74) is 0. The Morgan fingerprint density at radius 2 is 1.14 bits per heavy atom. The van der Waals surface area contributed by atoms with Crippen molar-refractivity contribution in [2.75, 3.05) is 0 Å². The molecule has 0 aromatic carbocycles. The fraction of sp³-hybridized carbons (Fsp3) is 0.885. The smallest absolute Gasteiger partial charge is 0.303 e.